The third-order valence-corrected chi connectivity index (χ3v) is 6.91. The number of halogens is 2. The van der Waals surface area contributed by atoms with Crippen molar-refractivity contribution in [1.82, 2.24) is 24.9 Å². The van der Waals surface area contributed by atoms with Crippen LogP contribution in [0.3, 0.4) is 0 Å². The molecule has 0 radical (unpaired) electrons. The van der Waals surface area contributed by atoms with Crippen molar-refractivity contribution in [3.8, 4) is 22.9 Å². The van der Waals surface area contributed by atoms with Crippen molar-refractivity contribution in [1.29, 1.82) is 0 Å². The fourth-order valence-corrected chi connectivity index (χ4v) is 5.37. The number of nitrogens with zero attached hydrogens (tertiary/aromatic N) is 6. The number of piperidine rings is 1. The van der Waals surface area contributed by atoms with Crippen molar-refractivity contribution < 1.29 is 23.5 Å². The van der Waals surface area contributed by atoms with Crippen molar-refractivity contribution in [2.75, 3.05) is 4.90 Å². The van der Waals surface area contributed by atoms with Gasteiger partial charge in [0.1, 0.15) is 23.5 Å². The summed E-state index contributed by atoms with van der Waals surface area (Å²) in [7, 11) is 0. The summed E-state index contributed by atoms with van der Waals surface area (Å²) in [6.45, 7) is 0.123. The van der Waals surface area contributed by atoms with Crippen molar-refractivity contribution in [3.05, 3.63) is 66.1 Å². The predicted octanol–water partition coefficient (Wildman–Crippen LogP) is 2.99. The molecule has 4 aromatic rings. The van der Waals surface area contributed by atoms with Crippen molar-refractivity contribution in [2.24, 2.45) is 5.92 Å². The Labute approximate surface area is 198 Å². The highest BCUT2D eigenvalue weighted by atomic mass is 19.1. The van der Waals surface area contributed by atoms with Gasteiger partial charge in [-0.25, -0.2) is 18.7 Å². The Kier molecular flexibility index (Phi) is 5.30. The first-order chi connectivity index (χ1) is 17.0. The van der Waals surface area contributed by atoms with Crippen LogP contribution in [-0.2, 0) is 6.54 Å². The molecule has 3 unspecified atom stereocenters. The molecule has 2 fully saturated rings. The largest absolute Gasteiger partial charge is 0.366 e. The van der Waals surface area contributed by atoms with Gasteiger partial charge < -0.3 is 19.6 Å². The van der Waals surface area contributed by atoms with Crippen LogP contribution < -0.4 is 4.90 Å². The van der Waals surface area contributed by atoms with E-state index in [-0.39, 0.29) is 36.0 Å². The van der Waals surface area contributed by atoms with Gasteiger partial charge in [-0.2, -0.15) is 5.10 Å². The maximum atomic E-state index is 14.9. The molecule has 35 heavy (non-hydrogen) atoms. The lowest BCUT2D eigenvalue weighted by Gasteiger charge is -2.37. The van der Waals surface area contributed by atoms with Gasteiger partial charge in [0, 0.05) is 17.7 Å². The van der Waals surface area contributed by atoms with Crippen LogP contribution in [-0.4, -0.2) is 53.5 Å². The average molecular weight is 480 g/mol. The zero-order valence-electron chi connectivity index (χ0n) is 18.5. The summed E-state index contributed by atoms with van der Waals surface area (Å²) >= 11 is 0. The summed E-state index contributed by atoms with van der Waals surface area (Å²) in [6, 6.07) is 9.09. The van der Waals surface area contributed by atoms with Gasteiger partial charge in [-0.05, 0) is 37.3 Å². The third-order valence-electron chi connectivity index (χ3n) is 6.91. The number of anilines is 1. The quantitative estimate of drug-likeness (QED) is 0.405. The van der Waals surface area contributed by atoms with Gasteiger partial charge in [-0.1, -0.05) is 23.4 Å². The zero-order valence-corrected chi connectivity index (χ0v) is 18.5. The van der Waals surface area contributed by atoms with Crippen LogP contribution in [0.25, 0.3) is 22.9 Å². The zero-order chi connectivity index (χ0) is 24.1. The maximum absolute atomic E-state index is 14.9. The van der Waals surface area contributed by atoms with Gasteiger partial charge in [-0.3, -0.25) is 4.68 Å². The molecule has 6 rings (SSSR count). The third kappa shape index (κ3) is 3.76. The molecular formula is C24H22F2N6O3. The van der Waals surface area contributed by atoms with E-state index in [4.69, 9.17) is 4.52 Å². The average Bonchev–Trinajstić information content (AvgIpc) is 3.64. The SMILES string of the molecule is OC(O)C1C2CCC(C2)N1c1nc(-c2cc(-c3ccon3)n(Cc3ccccc3F)n2)ncc1F. The first kappa shape index (κ1) is 21.8. The molecular weight excluding hydrogens is 458 g/mol. The molecule has 1 aromatic carbocycles. The Morgan fingerprint density at radius 1 is 1.09 bits per heavy atom. The van der Waals surface area contributed by atoms with Crippen LogP contribution in [0.15, 0.2) is 53.4 Å². The second-order valence-electron chi connectivity index (χ2n) is 8.95. The fraction of sp³-hybridized carbons (Fsp3) is 0.333. The van der Waals surface area contributed by atoms with Gasteiger partial charge in [0.25, 0.3) is 0 Å². The van der Waals surface area contributed by atoms with Crippen molar-refractivity contribution in [2.45, 2.75) is 44.2 Å². The summed E-state index contributed by atoms with van der Waals surface area (Å²) in [4.78, 5) is 10.3. The van der Waals surface area contributed by atoms with Crippen LogP contribution in [0.5, 0.6) is 0 Å². The standard InChI is InChI=1S/C24H22F2N6O3/c25-16-4-2-1-3-14(16)12-31-20(18-7-8-35-30-18)10-19(29-31)22-27-11-17(26)23(28-22)32-15-6-5-13(9-15)21(32)24(33)34/h1-4,7-8,10-11,13,15,21,24,33-34H,5-6,9,12H2. The molecule has 0 amide bonds. The molecule has 9 nitrogen and oxygen atoms in total. The van der Waals surface area contributed by atoms with E-state index in [1.54, 1.807) is 39.9 Å². The molecule has 1 saturated carbocycles. The monoisotopic (exact) mass is 480 g/mol. The van der Waals surface area contributed by atoms with E-state index in [9.17, 15) is 19.0 Å². The number of benzene rings is 1. The number of aliphatic hydroxyl groups is 2. The summed E-state index contributed by atoms with van der Waals surface area (Å²) in [5.74, 6) is -0.765. The molecule has 2 N–H and O–H groups in total. The molecule has 3 atom stereocenters. The van der Waals surface area contributed by atoms with Crippen LogP contribution in [0, 0.1) is 17.6 Å². The van der Waals surface area contributed by atoms with Gasteiger partial charge in [-0.15, -0.1) is 0 Å². The lowest BCUT2D eigenvalue weighted by Crippen LogP contribution is -2.48. The first-order valence-corrected chi connectivity index (χ1v) is 11.4. The van der Waals surface area contributed by atoms with E-state index in [0.717, 1.165) is 25.5 Å². The Bertz CT molecular complexity index is 1360. The summed E-state index contributed by atoms with van der Waals surface area (Å²) < 4.78 is 35.8. The minimum atomic E-state index is -1.61. The van der Waals surface area contributed by atoms with E-state index in [2.05, 4.69) is 20.2 Å². The maximum Gasteiger partial charge on any atom is 0.183 e. The molecule has 3 aromatic heterocycles. The van der Waals surface area contributed by atoms with Crippen LogP contribution in [0.4, 0.5) is 14.6 Å². The molecule has 1 saturated heterocycles. The van der Waals surface area contributed by atoms with Gasteiger partial charge >= 0.3 is 0 Å². The molecule has 2 aliphatic rings. The highest BCUT2D eigenvalue weighted by molar-refractivity contribution is 5.63. The second kappa shape index (κ2) is 8.51. The Balaban J connectivity index is 1.41. The smallest absolute Gasteiger partial charge is 0.183 e. The Hall–Kier alpha value is -3.70. The molecule has 4 heterocycles. The van der Waals surface area contributed by atoms with E-state index in [1.807, 2.05) is 0 Å². The Morgan fingerprint density at radius 3 is 2.71 bits per heavy atom. The number of hydrogen-bond acceptors (Lipinski definition) is 8. The summed E-state index contributed by atoms with van der Waals surface area (Å²) in [6.07, 6.45) is 3.34. The summed E-state index contributed by atoms with van der Waals surface area (Å²) in [5, 5.41) is 28.5. The number of aromatic nitrogens is 5. The number of rotatable bonds is 6. The minimum Gasteiger partial charge on any atom is -0.366 e. The highest BCUT2D eigenvalue weighted by Gasteiger charge is 2.50. The van der Waals surface area contributed by atoms with Gasteiger partial charge in [0.05, 0.1) is 24.5 Å². The topological polar surface area (TPSA) is 113 Å². The first-order valence-electron chi connectivity index (χ1n) is 11.4. The number of fused-ring (bicyclic) bond motifs is 2. The lowest BCUT2D eigenvalue weighted by molar-refractivity contribution is -0.0692. The van der Waals surface area contributed by atoms with E-state index in [1.165, 1.54) is 12.3 Å². The van der Waals surface area contributed by atoms with Gasteiger partial charge in [0.15, 0.2) is 23.7 Å². The predicted molar refractivity (Wildman–Crippen MR) is 120 cm³/mol. The van der Waals surface area contributed by atoms with Gasteiger partial charge in [0.2, 0.25) is 0 Å². The molecule has 2 bridgehead atoms. The molecule has 11 heteroatoms. The van der Waals surface area contributed by atoms with Crippen LogP contribution in [0.1, 0.15) is 24.8 Å². The number of hydrogen-bond donors (Lipinski definition) is 2. The van der Waals surface area contributed by atoms with Crippen molar-refractivity contribution in [3.63, 3.8) is 0 Å². The second-order valence-corrected chi connectivity index (χ2v) is 8.95. The molecule has 0 spiro atoms. The van der Waals surface area contributed by atoms with E-state index < -0.39 is 18.1 Å². The highest BCUT2D eigenvalue weighted by Crippen LogP contribution is 2.46. The minimum absolute atomic E-state index is 0.0200. The van der Waals surface area contributed by atoms with E-state index in [0.29, 0.717) is 22.6 Å². The molecule has 180 valence electrons. The lowest BCUT2D eigenvalue weighted by atomic mass is 9.98. The van der Waals surface area contributed by atoms with Crippen molar-refractivity contribution >= 4 is 5.82 Å². The molecule has 1 aliphatic carbocycles. The fourth-order valence-electron chi connectivity index (χ4n) is 5.37. The number of aliphatic hydroxyl groups excluding tert-OH is 1. The Morgan fingerprint density at radius 2 is 1.94 bits per heavy atom. The van der Waals surface area contributed by atoms with Crippen LogP contribution >= 0.6 is 0 Å². The molecule has 1 aliphatic heterocycles. The van der Waals surface area contributed by atoms with E-state index >= 15 is 0 Å². The van der Waals surface area contributed by atoms with Crippen LogP contribution in [0.2, 0.25) is 0 Å². The summed E-state index contributed by atoms with van der Waals surface area (Å²) in [5.41, 5.74) is 1.81. The normalized spacial score (nSPS) is 21.4.